The van der Waals surface area contributed by atoms with E-state index in [0.717, 1.165) is 25.1 Å². The van der Waals surface area contributed by atoms with Crippen molar-refractivity contribution in [3.8, 4) is 0 Å². The Morgan fingerprint density at radius 1 is 1.59 bits per heavy atom. The van der Waals surface area contributed by atoms with E-state index in [1.807, 2.05) is 19.3 Å². The topological polar surface area (TPSA) is 44.1 Å². The molecule has 1 aliphatic rings. The van der Waals surface area contributed by atoms with Gasteiger partial charge in [0.05, 0.1) is 18.2 Å². The van der Waals surface area contributed by atoms with Crippen LogP contribution in [0.5, 0.6) is 0 Å². The number of hydrogen-bond donors (Lipinski definition) is 0. The lowest BCUT2D eigenvalue weighted by atomic mass is 10.0. The van der Waals surface area contributed by atoms with Gasteiger partial charge in [-0.15, -0.1) is 0 Å². The summed E-state index contributed by atoms with van der Waals surface area (Å²) in [6.07, 6.45) is 7.61. The number of ketones is 1. The van der Waals surface area contributed by atoms with E-state index in [4.69, 9.17) is 4.74 Å². The van der Waals surface area contributed by atoms with Gasteiger partial charge < -0.3 is 4.74 Å². The summed E-state index contributed by atoms with van der Waals surface area (Å²) in [6.45, 7) is 0.860. The van der Waals surface area contributed by atoms with Crippen LogP contribution in [0.1, 0.15) is 37.8 Å². The first-order valence-corrected chi connectivity index (χ1v) is 6.36. The first-order chi connectivity index (χ1) is 8.24. The Morgan fingerprint density at radius 3 is 3.12 bits per heavy atom. The molecule has 0 aliphatic carbocycles. The Kier molecular flexibility index (Phi) is 4.31. The third-order valence-corrected chi connectivity index (χ3v) is 3.17. The third-order valence-electron chi connectivity index (χ3n) is 3.17. The molecule has 17 heavy (non-hydrogen) atoms. The minimum atomic E-state index is 0.262. The van der Waals surface area contributed by atoms with Crippen LogP contribution in [0.15, 0.2) is 12.3 Å². The van der Waals surface area contributed by atoms with Gasteiger partial charge in [0.15, 0.2) is 0 Å². The first kappa shape index (κ1) is 12.3. The summed E-state index contributed by atoms with van der Waals surface area (Å²) in [4.78, 5) is 11.8. The lowest BCUT2D eigenvalue weighted by Crippen LogP contribution is -2.20. The van der Waals surface area contributed by atoms with Crippen molar-refractivity contribution in [1.82, 2.24) is 9.78 Å². The van der Waals surface area contributed by atoms with Crippen molar-refractivity contribution in [2.24, 2.45) is 7.05 Å². The average Bonchev–Trinajstić information content (AvgIpc) is 2.73. The lowest BCUT2D eigenvalue weighted by Gasteiger charge is -2.21. The van der Waals surface area contributed by atoms with E-state index in [9.17, 15) is 4.79 Å². The molecule has 1 unspecified atom stereocenters. The van der Waals surface area contributed by atoms with Crippen molar-refractivity contribution in [2.75, 3.05) is 6.61 Å². The van der Waals surface area contributed by atoms with Crippen molar-refractivity contribution in [2.45, 2.75) is 44.6 Å². The minimum absolute atomic E-state index is 0.262. The fourth-order valence-corrected chi connectivity index (χ4v) is 2.20. The summed E-state index contributed by atoms with van der Waals surface area (Å²) in [5.41, 5.74) is 0.863. The molecule has 0 bridgehead atoms. The zero-order valence-corrected chi connectivity index (χ0v) is 10.4. The van der Waals surface area contributed by atoms with Gasteiger partial charge in [0.25, 0.3) is 0 Å². The second kappa shape index (κ2) is 5.96. The molecule has 1 atom stereocenters. The highest BCUT2D eigenvalue weighted by Crippen LogP contribution is 2.17. The van der Waals surface area contributed by atoms with E-state index in [1.54, 1.807) is 4.68 Å². The van der Waals surface area contributed by atoms with Gasteiger partial charge in [-0.2, -0.15) is 5.10 Å². The molecular weight excluding hydrogens is 216 g/mol. The molecule has 1 aromatic rings. The molecule has 0 radical (unpaired) electrons. The number of aryl methyl sites for hydroxylation is 1. The number of hydrogen-bond acceptors (Lipinski definition) is 3. The quantitative estimate of drug-likeness (QED) is 0.784. The van der Waals surface area contributed by atoms with E-state index in [2.05, 4.69) is 5.10 Å². The second-order valence-corrected chi connectivity index (χ2v) is 4.72. The maximum absolute atomic E-state index is 11.8. The molecule has 0 amide bonds. The summed E-state index contributed by atoms with van der Waals surface area (Å²) in [7, 11) is 1.86. The summed E-state index contributed by atoms with van der Waals surface area (Å²) in [5, 5.41) is 4.21. The van der Waals surface area contributed by atoms with Crippen molar-refractivity contribution in [3.05, 3.63) is 18.0 Å². The molecule has 94 valence electrons. The third kappa shape index (κ3) is 3.97. The number of carbonyl (C=O) groups excluding carboxylic acids is 1. The summed E-state index contributed by atoms with van der Waals surface area (Å²) in [6, 6.07) is 1.90. The zero-order valence-electron chi connectivity index (χ0n) is 10.4. The fourth-order valence-electron chi connectivity index (χ4n) is 2.20. The SMILES string of the molecule is Cn1ccc(CC(=O)CCC2CCCCO2)n1. The number of nitrogens with zero attached hydrogens (tertiary/aromatic N) is 2. The molecule has 0 N–H and O–H groups in total. The largest absolute Gasteiger partial charge is 0.378 e. The fraction of sp³-hybridized carbons (Fsp3) is 0.692. The standard InChI is InChI=1S/C13H20N2O2/c1-15-8-7-11(14-15)10-12(16)5-6-13-4-2-3-9-17-13/h7-8,13H,2-6,9-10H2,1H3. The van der Waals surface area contributed by atoms with E-state index in [0.29, 0.717) is 18.9 Å². The Balaban J connectivity index is 1.70. The number of Topliss-reactive ketones (excluding diaryl/α,β-unsaturated/α-hetero) is 1. The highest BCUT2D eigenvalue weighted by Gasteiger charge is 2.15. The smallest absolute Gasteiger partial charge is 0.139 e. The number of carbonyl (C=O) groups is 1. The van der Waals surface area contributed by atoms with Crippen molar-refractivity contribution >= 4 is 5.78 Å². The molecule has 1 aromatic heterocycles. The minimum Gasteiger partial charge on any atom is -0.378 e. The molecule has 0 spiro atoms. The van der Waals surface area contributed by atoms with Crippen LogP contribution in [0.2, 0.25) is 0 Å². The van der Waals surface area contributed by atoms with Crippen LogP contribution in [0.25, 0.3) is 0 Å². The molecule has 4 nitrogen and oxygen atoms in total. The molecule has 1 saturated heterocycles. The molecule has 2 rings (SSSR count). The molecular formula is C13H20N2O2. The summed E-state index contributed by atoms with van der Waals surface area (Å²) < 4.78 is 7.34. The van der Waals surface area contributed by atoms with Crippen molar-refractivity contribution < 1.29 is 9.53 Å². The van der Waals surface area contributed by atoms with Crippen molar-refractivity contribution in [1.29, 1.82) is 0 Å². The van der Waals surface area contributed by atoms with E-state index < -0.39 is 0 Å². The maximum atomic E-state index is 11.8. The van der Waals surface area contributed by atoms with Gasteiger partial charge in [0, 0.05) is 26.3 Å². The zero-order chi connectivity index (χ0) is 12.1. The van der Waals surface area contributed by atoms with Crippen LogP contribution in [0.3, 0.4) is 0 Å². The number of aromatic nitrogens is 2. The number of rotatable bonds is 5. The van der Waals surface area contributed by atoms with E-state index >= 15 is 0 Å². The maximum Gasteiger partial charge on any atom is 0.139 e. The molecule has 2 heterocycles. The van der Waals surface area contributed by atoms with Crippen LogP contribution in [-0.2, 0) is 23.0 Å². The van der Waals surface area contributed by atoms with Gasteiger partial charge in [-0.3, -0.25) is 9.48 Å². The molecule has 0 saturated carbocycles. The Hall–Kier alpha value is -1.16. The van der Waals surface area contributed by atoms with Gasteiger partial charge in [0.1, 0.15) is 5.78 Å². The Morgan fingerprint density at radius 2 is 2.47 bits per heavy atom. The van der Waals surface area contributed by atoms with Crippen LogP contribution in [-0.4, -0.2) is 28.3 Å². The molecule has 4 heteroatoms. The van der Waals surface area contributed by atoms with Crippen LogP contribution < -0.4 is 0 Å². The summed E-state index contributed by atoms with van der Waals surface area (Å²) >= 11 is 0. The van der Waals surface area contributed by atoms with Crippen LogP contribution in [0, 0.1) is 0 Å². The van der Waals surface area contributed by atoms with Crippen molar-refractivity contribution in [3.63, 3.8) is 0 Å². The average molecular weight is 236 g/mol. The van der Waals surface area contributed by atoms with E-state index in [1.165, 1.54) is 12.8 Å². The highest BCUT2D eigenvalue weighted by atomic mass is 16.5. The lowest BCUT2D eigenvalue weighted by molar-refractivity contribution is -0.119. The number of ether oxygens (including phenoxy) is 1. The Labute approximate surface area is 102 Å². The van der Waals surface area contributed by atoms with Crippen LogP contribution in [0.4, 0.5) is 0 Å². The van der Waals surface area contributed by atoms with E-state index in [-0.39, 0.29) is 5.78 Å². The first-order valence-electron chi connectivity index (χ1n) is 6.36. The predicted octanol–water partition coefficient (Wildman–Crippen LogP) is 1.88. The highest BCUT2D eigenvalue weighted by molar-refractivity contribution is 5.80. The van der Waals surface area contributed by atoms with Gasteiger partial charge in [-0.25, -0.2) is 0 Å². The molecule has 1 fully saturated rings. The normalized spacial score (nSPS) is 20.4. The summed E-state index contributed by atoms with van der Waals surface area (Å²) in [5.74, 6) is 0.262. The Bertz CT molecular complexity index is 367. The van der Waals surface area contributed by atoms with Gasteiger partial charge >= 0.3 is 0 Å². The van der Waals surface area contributed by atoms with Crippen LogP contribution >= 0.6 is 0 Å². The second-order valence-electron chi connectivity index (χ2n) is 4.72. The van der Waals surface area contributed by atoms with Gasteiger partial charge in [0.2, 0.25) is 0 Å². The molecule has 1 aliphatic heterocycles. The van der Waals surface area contributed by atoms with Gasteiger partial charge in [-0.1, -0.05) is 0 Å². The monoisotopic (exact) mass is 236 g/mol. The molecule has 0 aromatic carbocycles. The predicted molar refractivity (Wildman–Crippen MR) is 64.7 cm³/mol. The van der Waals surface area contributed by atoms with Gasteiger partial charge in [-0.05, 0) is 31.7 Å².